The Balaban J connectivity index is 1.59. The van der Waals surface area contributed by atoms with Crippen molar-refractivity contribution in [3.05, 3.63) is 120 Å². The molecule has 0 N–H and O–H groups in total. The maximum Gasteiger partial charge on any atom is 0.0723 e. The third-order valence-electron chi connectivity index (χ3n) is 5.20. The monoisotopic (exact) mass is 395 g/mol. The van der Waals surface area contributed by atoms with Crippen molar-refractivity contribution in [3.8, 4) is 0 Å². The number of pyridine rings is 1. The summed E-state index contributed by atoms with van der Waals surface area (Å²) in [4.78, 5) is 4.80. The lowest BCUT2D eigenvalue weighted by Gasteiger charge is -2.18. The fraction of sp³-hybridized carbons (Fsp3) is 0.148. The summed E-state index contributed by atoms with van der Waals surface area (Å²) < 4.78 is 0. The van der Waals surface area contributed by atoms with Gasteiger partial charge in [0.25, 0.3) is 0 Å². The van der Waals surface area contributed by atoms with Crippen LogP contribution in [0.4, 0.5) is 0 Å². The van der Waals surface area contributed by atoms with Crippen molar-refractivity contribution in [2.45, 2.75) is 26.2 Å². The first-order chi connectivity index (χ1) is 14.3. The van der Waals surface area contributed by atoms with Gasteiger partial charge in [0.2, 0.25) is 0 Å². The Kier molecular flexibility index (Phi) is 6.49. The zero-order chi connectivity index (χ0) is 19.9. The third kappa shape index (κ3) is 5.00. The molecule has 0 aliphatic carbocycles. The molecule has 2 heteroatoms. The van der Waals surface area contributed by atoms with Gasteiger partial charge in [-0.25, -0.2) is 0 Å². The van der Waals surface area contributed by atoms with Gasteiger partial charge in [0.15, 0.2) is 0 Å². The van der Waals surface area contributed by atoms with Crippen LogP contribution in [-0.4, -0.2) is 4.98 Å². The molecule has 0 saturated heterocycles. The first-order valence-electron chi connectivity index (χ1n) is 10.3. The first-order valence-corrected chi connectivity index (χ1v) is 11.6. The van der Waals surface area contributed by atoms with Gasteiger partial charge in [-0.1, -0.05) is 91.9 Å². The maximum atomic E-state index is 4.80. The van der Waals surface area contributed by atoms with Gasteiger partial charge in [0.05, 0.1) is 5.44 Å². The summed E-state index contributed by atoms with van der Waals surface area (Å²) in [6, 6.07) is 35.0. The van der Waals surface area contributed by atoms with E-state index in [2.05, 4.69) is 104 Å². The third-order valence-corrected chi connectivity index (χ3v) is 7.53. The lowest BCUT2D eigenvalue weighted by Crippen LogP contribution is -2.23. The van der Waals surface area contributed by atoms with Crippen molar-refractivity contribution in [2.75, 3.05) is 0 Å². The molecule has 0 bridgehead atoms. The Labute approximate surface area is 175 Å². The number of hydrogen-bond acceptors (Lipinski definition) is 1. The molecule has 1 aromatic heterocycles. The molecule has 4 aromatic rings. The topological polar surface area (TPSA) is 12.9 Å². The molecule has 0 unspecified atom stereocenters. The molecule has 1 nitrogen and oxygen atoms in total. The second-order valence-electron chi connectivity index (χ2n) is 7.20. The fourth-order valence-electron chi connectivity index (χ4n) is 3.54. The van der Waals surface area contributed by atoms with Crippen molar-refractivity contribution in [3.63, 3.8) is 0 Å². The molecule has 0 fully saturated rings. The lowest BCUT2D eigenvalue weighted by atomic mass is 10.0. The highest BCUT2D eigenvalue weighted by Gasteiger charge is 2.17. The van der Waals surface area contributed by atoms with Crippen molar-refractivity contribution >= 4 is 24.0 Å². The second-order valence-corrected chi connectivity index (χ2v) is 9.36. The molecule has 4 rings (SSSR count). The van der Waals surface area contributed by atoms with E-state index in [0.717, 1.165) is 19.3 Å². The molecule has 29 heavy (non-hydrogen) atoms. The van der Waals surface area contributed by atoms with Crippen molar-refractivity contribution in [1.82, 2.24) is 4.98 Å². The highest BCUT2D eigenvalue weighted by molar-refractivity contribution is 7.79. The fourth-order valence-corrected chi connectivity index (χ4v) is 5.78. The largest absolute Gasteiger partial charge is 0.256 e. The number of benzene rings is 3. The van der Waals surface area contributed by atoms with Gasteiger partial charge in [-0.3, -0.25) is 4.98 Å². The Hall–Kier alpha value is -2.76. The lowest BCUT2D eigenvalue weighted by molar-refractivity contribution is 0.955. The Morgan fingerprint density at radius 3 is 1.76 bits per heavy atom. The summed E-state index contributed by atoms with van der Waals surface area (Å²) >= 11 is 0. The normalized spacial score (nSPS) is 11.0. The van der Waals surface area contributed by atoms with Crippen molar-refractivity contribution in [2.24, 2.45) is 0 Å². The Morgan fingerprint density at radius 2 is 1.17 bits per heavy atom. The van der Waals surface area contributed by atoms with E-state index < -0.39 is 7.92 Å². The molecule has 3 aromatic carbocycles. The summed E-state index contributed by atoms with van der Waals surface area (Å²) in [5.41, 5.74) is 5.33. The van der Waals surface area contributed by atoms with Crippen LogP contribution in [0.15, 0.2) is 103 Å². The van der Waals surface area contributed by atoms with E-state index in [1.807, 2.05) is 6.20 Å². The minimum Gasteiger partial charge on any atom is -0.256 e. The standard InChI is InChI=1S/C27H26NP/c1-2-22-13-15-23(16-14-22)17-18-24-19-20-28-27(21-24)29(25-9-5-3-6-10-25)26-11-7-4-8-12-26/h3-16,19-21H,2,17-18H2,1H3. The second kappa shape index (κ2) is 9.63. The highest BCUT2D eigenvalue weighted by Crippen LogP contribution is 2.31. The molecule has 0 aliphatic heterocycles. The average molecular weight is 395 g/mol. The van der Waals surface area contributed by atoms with Gasteiger partial charge in [-0.2, -0.15) is 0 Å². The average Bonchev–Trinajstić information content (AvgIpc) is 2.80. The van der Waals surface area contributed by atoms with Crippen LogP contribution in [0.1, 0.15) is 23.6 Å². The van der Waals surface area contributed by atoms with E-state index in [-0.39, 0.29) is 0 Å². The highest BCUT2D eigenvalue weighted by atomic mass is 31.1. The molecule has 0 spiro atoms. The number of hydrogen-bond donors (Lipinski definition) is 0. The number of rotatable bonds is 7. The minimum atomic E-state index is -0.645. The summed E-state index contributed by atoms with van der Waals surface area (Å²) in [6.45, 7) is 2.20. The predicted octanol–water partition coefficient (Wildman–Crippen LogP) is 5.19. The molecule has 144 valence electrons. The molecule has 0 aliphatic rings. The molecular formula is C27H26NP. The van der Waals surface area contributed by atoms with Crippen molar-refractivity contribution in [1.29, 1.82) is 0 Å². The van der Waals surface area contributed by atoms with E-state index in [9.17, 15) is 0 Å². The van der Waals surface area contributed by atoms with E-state index >= 15 is 0 Å². The Bertz CT molecular complexity index is 987. The molecule has 0 radical (unpaired) electrons. The van der Waals surface area contributed by atoms with Crippen LogP contribution in [0, 0.1) is 0 Å². The van der Waals surface area contributed by atoms with Gasteiger partial charge in [0, 0.05) is 14.1 Å². The molecule has 0 atom stereocenters. The predicted molar refractivity (Wildman–Crippen MR) is 126 cm³/mol. The molecule has 0 saturated carbocycles. The van der Waals surface area contributed by atoms with Gasteiger partial charge in [-0.05, 0) is 58.7 Å². The molecular weight excluding hydrogens is 369 g/mol. The van der Waals surface area contributed by atoms with Crippen LogP contribution in [0.2, 0.25) is 0 Å². The van der Waals surface area contributed by atoms with E-state index in [0.29, 0.717) is 0 Å². The first kappa shape index (κ1) is 19.6. The van der Waals surface area contributed by atoms with Gasteiger partial charge >= 0.3 is 0 Å². The van der Waals surface area contributed by atoms with E-state index in [1.54, 1.807) is 0 Å². The minimum absolute atomic E-state index is 0.645. The number of aromatic nitrogens is 1. The van der Waals surface area contributed by atoms with Crippen LogP contribution in [0.5, 0.6) is 0 Å². The van der Waals surface area contributed by atoms with Crippen LogP contribution in [-0.2, 0) is 19.3 Å². The van der Waals surface area contributed by atoms with Gasteiger partial charge in [-0.15, -0.1) is 0 Å². The van der Waals surface area contributed by atoms with Crippen LogP contribution >= 0.6 is 7.92 Å². The summed E-state index contributed by atoms with van der Waals surface area (Å²) in [5.74, 6) is 0. The SMILES string of the molecule is CCc1ccc(CCc2ccnc(P(c3ccccc3)c3ccccc3)c2)cc1. The van der Waals surface area contributed by atoms with E-state index in [1.165, 1.54) is 32.7 Å². The van der Waals surface area contributed by atoms with Crippen molar-refractivity contribution < 1.29 is 0 Å². The smallest absolute Gasteiger partial charge is 0.0723 e. The van der Waals surface area contributed by atoms with Crippen LogP contribution in [0.25, 0.3) is 0 Å². The summed E-state index contributed by atoms with van der Waals surface area (Å²) in [5, 5.41) is 2.68. The maximum absolute atomic E-state index is 4.80. The zero-order valence-electron chi connectivity index (χ0n) is 16.8. The molecule has 1 heterocycles. The van der Waals surface area contributed by atoms with Crippen LogP contribution in [0.3, 0.4) is 0 Å². The number of aryl methyl sites for hydroxylation is 3. The quantitative estimate of drug-likeness (QED) is 0.393. The van der Waals surface area contributed by atoms with Gasteiger partial charge < -0.3 is 0 Å². The van der Waals surface area contributed by atoms with Gasteiger partial charge in [0.1, 0.15) is 0 Å². The van der Waals surface area contributed by atoms with Crippen LogP contribution < -0.4 is 16.0 Å². The Morgan fingerprint density at radius 1 is 0.621 bits per heavy atom. The summed E-state index contributed by atoms with van der Waals surface area (Å²) in [6.07, 6.45) is 5.17. The summed E-state index contributed by atoms with van der Waals surface area (Å²) in [7, 11) is -0.645. The number of nitrogens with zero attached hydrogens (tertiary/aromatic N) is 1. The van der Waals surface area contributed by atoms with E-state index in [4.69, 9.17) is 4.98 Å². The molecule has 0 amide bonds. The zero-order valence-corrected chi connectivity index (χ0v) is 17.7.